The Morgan fingerprint density at radius 1 is 1.47 bits per heavy atom. The van der Waals surface area contributed by atoms with E-state index in [0.717, 1.165) is 30.8 Å². The van der Waals surface area contributed by atoms with Gasteiger partial charge in [0.05, 0.1) is 18.8 Å². The fourth-order valence-electron chi connectivity index (χ4n) is 1.24. The molecule has 1 rings (SSSR count). The van der Waals surface area contributed by atoms with Crippen LogP contribution < -0.4 is 5.48 Å². The quantitative estimate of drug-likeness (QED) is 0.560. The van der Waals surface area contributed by atoms with Crippen LogP contribution in [0.5, 0.6) is 0 Å². The van der Waals surface area contributed by atoms with Gasteiger partial charge in [-0.2, -0.15) is 5.48 Å². The summed E-state index contributed by atoms with van der Waals surface area (Å²) in [5.74, 6) is 0.954. The molecule has 2 N–H and O–H groups in total. The number of imidazole rings is 1. The number of hydroxylamine groups is 1. The molecule has 0 bridgehead atoms. The first-order valence-electron chi connectivity index (χ1n) is 5.35. The second-order valence-electron chi connectivity index (χ2n) is 3.31. The number of hydrogen-bond donors (Lipinski definition) is 2. The lowest BCUT2D eigenvalue weighted by Crippen LogP contribution is -2.14. The lowest BCUT2D eigenvalue weighted by Gasteiger charge is -2.00. The summed E-state index contributed by atoms with van der Waals surface area (Å²) < 4.78 is 0. The molecule has 0 amide bonds. The van der Waals surface area contributed by atoms with Crippen molar-refractivity contribution in [3.05, 3.63) is 16.7 Å². The van der Waals surface area contributed by atoms with E-state index >= 15 is 0 Å². The van der Waals surface area contributed by atoms with Crippen molar-refractivity contribution in [3.8, 4) is 0 Å². The number of hydrogen-bond acceptors (Lipinski definition) is 3. The van der Waals surface area contributed by atoms with Crippen molar-refractivity contribution < 1.29 is 4.84 Å². The molecule has 0 fully saturated rings. The van der Waals surface area contributed by atoms with Gasteiger partial charge in [0.15, 0.2) is 5.15 Å². The summed E-state index contributed by atoms with van der Waals surface area (Å²) in [6, 6.07) is 0. The van der Waals surface area contributed by atoms with E-state index in [1.54, 1.807) is 0 Å². The molecule has 0 aliphatic heterocycles. The molecule has 5 heteroatoms. The van der Waals surface area contributed by atoms with Crippen LogP contribution in [0.25, 0.3) is 0 Å². The van der Waals surface area contributed by atoms with Crippen molar-refractivity contribution in [3.63, 3.8) is 0 Å². The maximum Gasteiger partial charge on any atom is 0.151 e. The van der Waals surface area contributed by atoms with Gasteiger partial charge in [0.25, 0.3) is 0 Å². The predicted molar refractivity (Wildman–Crippen MR) is 60.7 cm³/mol. The van der Waals surface area contributed by atoms with Crippen molar-refractivity contribution in [1.82, 2.24) is 15.4 Å². The van der Waals surface area contributed by atoms with Crippen LogP contribution in [0.1, 0.15) is 38.2 Å². The van der Waals surface area contributed by atoms with Crippen LogP contribution in [0.3, 0.4) is 0 Å². The van der Waals surface area contributed by atoms with Gasteiger partial charge in [0.1, 0.15) is 5.82 Å². The molecule has 0 spiro atoms. The Balaban J connectivity index is 2.45. The SMILES string of the molecule is CCCCc1nc(Cl)c(CNOCC)[nH]1. The van der Waals surface area contributed by atoms with Crippen molar-refractivity contribution in [2.45, 2.75) is 39.7 Å². The molecule has 1 aromatic rings. The van der Waals surface area contributed by atoms with Gasteiger partial charge in [-0.05, 0) is 13.3 Å². The van der Waals surface area contributed by atoms with Gasteiger partial charge in [-0.1, -0.05) is 24.9 Å². The molecule has 0 unspecified atom stereocenters. The molecule has 1 aromatic heterocycles. The second-order valence-corrected chi connectivity index (χ2v) is 3.67. The largest absolute Gasteiger partial charge is 0.343 e. The standard InChI is InChI=1S/C10H18ClN3O/c1-3-5-6-9-13-8(10(11)14-9)7-12-15-4-2/h12H,3-7H2,1-2H3,(H,13,14). The smallest absolute Gasteiger partial charge is 0.151 e. The zero-order valence-corrected chi connectivity index (χ0v) is 10.0. The number of halogens is 1. The highest BCUT2D eigenvalue weighted by Crippen LogP contribution is 2.13. The van der Waals surface area contributed by atoms with Crippen molar-refractivity contribution in [2.75, 3.05) is 6.61 Å². The van der Waals surface area contributed by atoms with Crippen molar-refractivity contribution in [1.29, 1.82) is 0 Å². The molecule has 0 radical (unpaired) electrons. The summed E-state index contributed by atoms with van der Waals surface area (Å²) in [5.41, 5.74) is 3.69. The minimum absolute atomic E-state index is 0.535. The van der Waals surface area contributed by atoms with Crippen LogP contribution in [0, 0.1) is 0 Å². The highest BCUT2D eigenvalue weighted by atomic mass is 35.5. The van der Waals surface area contributed by atoms with Gasteiger partial charge >= 0.3 is 0 Å². The monoisotopic (exact) mass is 231 g/mol. The van der Waals surface area contributed by atoms with E-state index in [0.29, 0.717) is 18.3 Å². The summed E-state index contributed by atoms with van der Waals surface area (Å²) in [7, 11) is 0. The Morgan fingerprint density at radius 3 is 2.93 bits per heavy atom. The third-order valence-corrected chi connectivity index (χ3v) is 2.35. The fourth-order valence-corrected chi connectivity index (χ4v) is 1.46. The Morgan fingerprint density at radius 2 is 2.27 bits per heavy atom. The van der Waals surface area contributed by atoms with E-state index in [2.05, 4.69) is 22.4 Å². The van der Waals surface area contributed by atoms with E-state index in [9.17, 15) is 0 Å². The topological polar surface area (TPSA) is 49.9 Å². The molecular weight excluding hydrogens is 214 g/mol. The molecule has 15 heavy (non-hydrogen) atoms. The van der Waals surface area contributed by atoms with Gasteiger partial charge in [0.2, 0.25) is 0 Å². The number of aromatic amines is 1. The van der Waals surface area contributed by atoms with Crippen LogP contribution in [0.15, 0.2) is 0 Å². The number of aryl methyl sites for hydroxylation is 1. The molecule has 1 heterocycles. The highest BCUT2D eigenvalue weighted by Gasteiger charge is 2.07. The maximum atomic E-state index is 5.96. The van der Waals surface area contributed by atoms with E-state index in [1.165, 1.54) is 0 Å². The average Bonchev–Trinajstić information content (AvgIpc) is 2.57. The Bertz CT molecular complexity index is 288. The van der Waals surface area contributed by atoms with Crippen LogP contribution in [-0.4, -0.2) is 16.6 Å². The van der Waals surface area contributed by atoms with Crippen LogP contribution in [-0.2, 0) is 17.8 Å². The van der Waals surface area contributed by atoms with E-state index < -0.39 is 0 Å². The molecule has 0 saturated carbocycles. The summed E-state index contributed by atoms with van der Waals surface area (Å²) in [6.07, 6.45) is 3.23. The Labute approximate surface area is 95.3 Å². The number of aromatic nitrogens is 2. The maximum absolute atomic E-state index is 5.96. The summed E-state index contributed by atoms with van der Waals surface area (Å²) in [4.78, 5) is 12.5. The minimum atomic E-state index is 0.535. The third-order valence-electron chi connectivity index (χ3n) is 2.04. The van der Waals surface area contributed by atoms with Crippen molar-refractivity contribution >= 4 is 11.6 Å². The summed E-state index contributed by atoms with van der Waals surface area (Å²) in [6.45, 7) is 5.27. The molecule has 0 saturated heterocycles. The molecule has 0 aliphatic carbocycles. The lowest BCUT2D eigenvalue weighted by molar-refractivity contribution is 0.0457. The minimum Gasteiger partial charge on any atom is -0.343 e. The van der Waals surface area contributed by atoms with Gasteiger partial charge < -0.3 is 9.82 Å². The van der Waals surface area contributed by atoms with Crippen molar-refractivity contribution in [2.24, 2.45) is 0 Å². The second kappa shape index (κ2) is 6.82. The zero-order chi connectivity index (χ0) is 11.1. The summed E-state index contributed by atoms with van der Waals surface area (Å²) >= 11 is 5.96. The third kappa shape index (κ3) is 4.20. The number of rotatable bonds is 7. The van der Waals surface area contributed by atoms with Gasteiger partial charge in [-0.15, -0.1) is 0 Å². The first-order valence-corrected chi connectivity index (χ1v) is 5.73. The molecule has 0 atom stereocenters. The molecule has 86 valence electrons. The number of nitrogens with one attached hydrogen (secondary N) is 2. The van der Waals surface area contributed by atoms with Crippen LogP contribution in [0.4, 0.5) is 0 Å². The summed E-state index contributed by atoms with van der Waals surface area (Å²) in [5, 5.41) is 0.535. The molecule has 0 aliphatic rings. The molecule has 4 nitrogen and oxygen atoms in total. The number of H-pyrrole nitrogens is 1. The Kier molecular flexibility index (Phi) is 5.68. The van der Waals surface area contributed by atoms with Crippen LogP contribution in [0.2, 0.25) is 5.15 Å². The van der Waals surface area contributed by atoms with Gasteiger partial charge in [0, 0.05) is 6.42 Å². The number of nitrogens with zero attached hydrogens (tertiary/aromatic N) is 1. The molecule has 0 aromatic carbocycles. The van der Waals surface area contributed by atoms with Gasteiger partial charge in [-0.3, -0.25) is 0 Å². The first kappa shape index (κ1) is 12.5. The van der Waals surface area contributed by atoms with E-state index in [1.807, 2.05) is 6.92 Å². The fraction of sp³-hybridized carbons (Fsp3) is 0.700. The van der Waals surface area contributed by atoms with E-state index in [-0.39, 0.29) is 0 Å². The normalized spacial score (nSPS) is 10.9. The predicted octanol–water partition coefficient (Wildman–Crippen LogP) is 2.45. The number of unbranched alkanes of at least 4 members (excludes halogenated alkanes) is 1. The van der Waals surface area contributed by atoms with E-state index in [4.69, 9.17) is 16.4 Å². The van der Waals surface area contributed by atoms with Gasteiger partial charge in [-0.25, -0.2) is 4.98 Å². The highest BCUT2D eigenvalue weighted by molar-refractivity contribution is 6.30. The Hall–Kier alpha value is -0.580. The lowest BCUT2D eigenvalue weighted by atomic mass is 10.2. The average molecular weight is 232 g/mol. The first-order chi connectivity index (χ1) is 7.27. The zero-order valence-electron chi connectivity index (χ0n) is 9.27. The van der Waals surface area contributed by atoms with Crippen LogP contribution >= 0.6 is 11.6 Å². The molecular formula is C10H18ClN3O.